The zero-order valence-corrected chi connectivity index (χ0v) is 13.2. The Kier molecular flexibility index (Phi) is 5.19. The lowest BCUT2D eigenvalue weighted by molar-refractivity contribution is -0.928. The third-order valence-corrected chi connectivity index (χ3v) is 3.99. The number of carbonyl (C=O) groups is 1. The molecule has 0 radical (unpaired) electrons. The van der Waals surface area contributed by atoms with Crippen LogP contribution >= 0.6 is 11.6 Å². The fraction of sp³-hybridized carbons (Fsp3) is 0.533. The summed E-state index contributed by atoms with van der Waals surface area (Å²) < 4.78 is 19.4. The number of hydrogen-bond acceptors (Lipinski definition) is 2. The molecule has 4 atom stereocenters. The van der Waals surface area contributed by atoms with Crippen molar-refractivity contribution in [1.82, 2.24) is 0 Å². The average Bonchev–Trinajstić information content (AvgIpc) is 2.40. The van der Waals surface area contributed by atoms with Gasteiger partial charge in [-0.25, -0.2) is 4.39 Å². The number of halogens is 2. The Balaban J connectivity index is 2.02. The summed E-state index contributed by atoms with van der Waals surface area (Å²) in [7, 11) is 0. The third-order valence-electron chi connectivity index (χ3n) is 3.76. The highest BCUT2D eigenvalue weighted by Gasteiger charge is 2.33. The zero-order valence-electron chi connectivity index (χ0n) is 12.5. The molecule has 4 nitrogen and oxygen atoms in total. The second-order valence-electron chi connectivity index (χ2n) is 5.66. The molecule has 1 aliphatic heterocycles. The van der Waals surface area contributed by atoms with Gasteiger partial charge in [0.05, 0.1) is 5.69 Å². The highest BCUT2D eigenvalue weighted by atomic mass is 35.5. The van der Waals surface area contributed by atoms with Gasteiger partial charge in [-0.15, -0.1) is 0 Å². The largest absolute Gasteiger partial charge is 0.364 e. The maximum absolute atomic E-state index is 13.7. The van der Waals surface area contributed by atoms with Crippen molar-refractivity contribution in [1.29, 1.82) is 0 Å². The number of benzene rings is 1. The van der Waals surface area contributed by atoms with Gasteiger partial charge in [0.1, 0.15) is 31.1 Å². The summed E-state index contributed by atoms with van der Waals surface area (Å²) >= 11 is 5.70. The normalized spacial score (nSPS) is 27.2. The molecule has 116 valence electrons. The van der Waals surface area contributed by atoms with Crippen LogP contribution in [0.15, 0.2) is 18.2 Å². The topological polar surface area (TPSA) is 42.8 Å². The van der Waals surface area contributed by atoms with Crippen molar-refractivity contribution in [2.75, 3.05) is 18.4 Å². The monoisotopic (exact) mass is 315 g/mol. The molecule has 0 saturated carbocycles. The molecule has 0 spiro atoms. The Morgan fingerprint density at radius 1 is 1.43 bits per heavy atom. The number of morpholine rings is 1. The van der Waals surface area contributed by atoms with Crippen molar-refractivity contribution in [3.8, 4) is 0 Å². The number of anilines is 1. The molecule has 1 amide bonds. The van der Waals surface area contributed by atoms with E-state index in [1.165, 1.54) is 12.1 Å². The zero-order chi connectivity index (χ0) is 15.6. The minimum absolute atomic E-state index is 0.117. The summed E-state index contributed by atoms with van der Waals surface area (Å²) in [5.41, 5.74) is 0.157. The van der Waals surface area contributed by atoms with Crippen LogP contribution in [0.4, 0.5) is 10.1 Å². The highest BCUT2D eigenvalue weighted by molar-refractivity contribution is 6.30. The van der Waals surface area contributed by atoms with Crippen LogP contribution < -0.4 is 10.2 Å². The fourth-order valence-electron chi connectivity index (χ4n) is 2.69. The van der Waals surface area contributed by atoms with Crippen LogP contribution in [0, 0.1) is 5.82 Å². The van der Waals surface area contributed by atoms with Gasteiger partial charge >= 0.3 is 0 Å². The van der Waals surface area contributed by atoms with Crippen LogP contribution in [0.25, 0.3) is 0 Å². The quantitative estimate of drug-likeness (QED) is 0.887. The second kappa shape index (κ2) is 6.73. The van der Waals surface area contributed by atoms with E-state index in [-0.39, 0.29) is 29.8 Å². The van der Waals surface area contributed by atoms with Gasteiger partial charge in [0.2, 0.25) is 0 Å². The van der Waals surface area contributed by atoms with Gasteiger partial charge in [0, 0.05) is 5.02 Å². The van der Waals surface area contributed by atoms with E-state index in [0.29, 0.717) is 5.02 Å². The summed E-state index contributed by atoms with van der Waals surface area (Å²) in [5, 5.41) is 2.94. The first-order valence-corrected chi connectivity index (χ1v) is 7.50. The number of carbonyl (C=O) groups excluding carboxylic acids is 1. The summed E-state index contributed by atoms with van der Waals surface area (Å²) in [6.45, 7) is 7.38. The fourth-order valence-corrected chi connectivity index (χ4v) is 2.84. The number of quaternary nitrogens is 1. The molecule has 2 rings (SSSR count). The van der Waals surface area contributed by atoms with E-state index in [1.54, 1.807) is 6.07 Å². The number of ether oxygens (including phenoxy) is 1. The Morgan fingerprint density at radius 3 is 2.62 bits per heavy atom. The molecule has 0 bridgehead atoms. The van der Waals surface area contributed by atoms with Gasteiger partial charge in [-0.2, -0.15) is 0 Å². The average molecular weight is 316 g/mol. The van der Waals surface area contributed by atoms with Gasteiger partial charge in [-0.3, -0.25) is 4.79 Å². The van der Waals surface area contributed by atoms with Crippen molar-refractivity contribution in [3.63, 3.8) is 0 Å². The number of rotatable bonds is 3. The number of hydrogen-bond donors (Lipinski definition) is 2. The Morgan fingerprint density at radius 2 is 2.05 bits per heavy atom. The van der Waals surface area contributed by atoms with Gasteiger partial charge in [-0.05, 0) is 39.0 Å². The lowest BCUT2D eigenvalue weighted by Gasteiger charge is -2.35. The highest BCUT2D eigenvalue weighted by Crippen LogP contribution is 2.18. The lowest BCUT2D eigenvalue weighted by atomic mass is 10.1. The summed E-state index contributed by atoms with van der Waals surface area (Å²) in [6.07, 6.45) is 0.234. The molecule has 21 heavy (non-hydrogen) atoms. The maximum Gasteiger partial charge on any atom is 0.282 e. The second-order valence-corrected chi connectivity index (χ2v) is 6.10. The SMILES string of the molecule is C[C@@H]1C[NH+]([C@@H](C)C(=O)Nc2ccc(Cl)cc2F)C[C@H](C)O1. The van der Waals surface area contributed by atoms with E-state index in [2.05, 4.69) is 5.32 Å². The Hall–Kier alpha value is -1.17. The van der Waals surface area contributed by atoms with E-state index in [1.807, 2.05) is 20.8 Å². The van der Waals surface area contributed by atoms with Crippen LogP contribution in [0.1, 0.15) is 20.8 Å². The van der Waals surface area contributed by atoms with E-state index in [4.69, 9.17) is 16.3 Å². The standard InChI is InChI=1S/C15H20ClFN2O2/c1-9-7-19(8-10(2)21-9)11(3)15(20)18-14-5-4-12(16)6-13(14)17/h4-6,9-11H,7-8H2,1-3H3,(H,18,20)/p+1/t9-,10+,11-/m0/s1. The molecule has 1 fully saturated rings. The molecule has 1 unspecified atom stereocenters. The van der Waals surface area contributed by atoms with Crippen molar-refractivity contribution in [2.45, 2.75) is 39.0 Å². The molecular formula is C15H21ClFN2O2+. The van der Waals surface area contributed by atoms with Crippen molar-refractivity contribution >= 4 is 23.2 Å². The Bertz CT molecular complexity index is 516. The van der Waals surface area contributed by atoms with Crippen LogP contribution in [0.5, 0.6) is 0 Å². The minimum Gasteiger partial charge on any atom is -0.364 e. The van der Waals surface area contributed by atoms with Crippen LogP contribution in [0.3, 0.4) is 0 Å². The van der Waals surface area contributed by atoms with Crippen molar-refractivity contribution in [2.24, 2.45) is 0 Å². The minimum atomic E-state index is -0.526. The predicted molar refractivity (Wildman–Crippen MR) is 80.2 cm³/mol. The molecule has 0 aromatic heterocycles. The molecule has 1 aromatic carbocycles. The van der Waals surface area contributed by atoms with E-state index in [9.17, 15) is 9.18 Å². The van der Waals surface area contributed by atoms with E-state index >= 15 is 0 Å². The molecule has 1 aliphatic rings. The molecule has 1 aromatic rings. The van der Waals surface area contributed by atoms with Crippen LogP contribution in [-0.2, 0) is 9.53 Å². The molecule has 1 heterocycles. The summed E-state index contributed by atoms with van der Waals surface area (Å²) in [6, 6.07) is 3.95. The predicted octanol–water partition coefficient (Wildman–Crippen LogP) is 1.50. The summed E-state index contributed by atoms with van der Waals surface area (Å²) in [4.78, 5) is 13.4. The van der Waals surface area contributed by atoms with E-state index in [0.717, 1.165) is 18.0 Å². The van der Waals surface area contributed by atoms with E-state index < -0.39 is 5.82 Å². The first-order valence-electron chi connectivity index (χ1n) is 7.12. The lowest BCUT2D eigenvalue weighted by Crippen LogP contribution is -3.19. The molecule has 2 N–H and O–H groups in total. The van der Waals surface area contributed by atoms with Crippen LogP contribution in [-0.4, -0.2) is 37.2 Å². The molecular weight excluding hydrogens is 295 g/mol. The van der Waals surface area contributed by atoms with Crippen molar-refractivity contribution in [3.05, 3.63) is 29.0 Å². The van der Waals surface area contributed by atoms with Crippen molar-refractivity contribution < 1.29 is 18.8 Å². The smallest absolute Gasteiger partial charge is 0.282 e. The van der Waals surface area contributed by atoms with Gasteiger partial charge in [0.15, 0.2) is 6.04 Å². The third kappa shape index (κ3) is 4.15. The van der Waals surface area contributed by atoms with Gasteiger partial charge in [-0.1, -0.05) is 11.6 Å². The Labute approximate surface area is 129 Å². The number of nitrogens with one attached hydrogen (secondary N) is 2. The van der Waals surface area contributed by atoms with Gasteiger partial charge in [0.25, 0.3) is 5.91 Å². The van der Waals surface area contributed by atoms with Gasteiger partial charge < -0.3 is 15.0 Å². The molecule has 6 heteroatoms. The molecule has 1 saturated heterocycles. The maximum atomic E-state index is 13.7. The summed E-state index contributed by atoms with van der Waals surface area (Å²) in [5.74, 6) is -0.728. The first kappa shape index (κ1) is 16.2. The first-order chi connectivity index (χ1) is 9.86. The van der Waals surface area contributed by atoms with Crippen LogP contribution in [0.2, 0.25) is 5.02 Å². The number of amides is 1. The molecule has 0 aliphatic carbocycles.